The van der Waals surface area contributed by atoms with Gasteiger partial charge in [0.25, 0.3) is 5.56 Å². The molecule has 0 bridgehead atoms. The molecular formula is C14H10BrFN2O2S. The molecule has 0 saturated heterocycles. The Balaban J connectivity index is 1.90. The maximum atomic E-state index is 13.1. The van der Waals surface area contributed by atoms with Gasteiger partial charge in [-0.25, -0.2) is 13.8 Å². The fourth-order valence-corrected chi connectivity index (χ4v) is 3.47. The van der Waals surface area contributed by atoms with Crippen LogP contribution in [0.25, 0.3) is 4.96 Å². The van der Waals surface area contributed by atoms with Crippen LogP contribution in [0.4, 0.5) is 4.39 Å². The predicted molar refractivity (Wildman–Crippen MR) is 82.5 cm³/mol. The van der Waals surface area contributed by atoms with Gasteiger partial charge >= 0.3 is 0 Å². The van der Waals surface area contributed by atoms with E-state index in [2.05, 4.69) is 20.9 Å². The lowest BCUT2D eigenvalue weighted by atomic mass is 10.3. The van der Waals surface area contributed by atoms with Gasteiger partial charge in [-0.2, -0.15) is 0 Å². The van der Waals surface area contributed by atoms with E-state index in [-0.39, 0.29) is 18.0 Å². The molecule has 4 nitrogen and oxygen atoms in total. The topological polar surface area (TPSA) is 43.6 Å². The number of hydrogen-bond acceptors (Lipinski definition) is 4. The highest BCUT2D eigenvalue weighted by Crippen LogP contribution is 2.24. The lowest BCUT2D eigenvalue weighted by Gasteiger charge is -2.05. The van der Waals surface area contributed by atoms with Crippen LogP contribution in [0, 0.1) is 12.7 Å². The molecule has 0 fully saturated rings. The van der Waals surface area contributed by atoms with Crippen LogP contribution in [-0.2, 0) is 6.61 Å². The Kier molecular flexibility index (Phi) is 3.77. The van der Waals surface area contributed by atoms with Crippen LogP contribution in [0.15, 0.2) is 39.7 Å². The summed E-state index contributed by atoms with van der Waals surface area (Å²) in [6.45, 7) is 2.02. The predicted octanol–water partition coefficient (Wildman–Crippen LogP) is 3.55. The van der Waals surface area contributed by atoms with Crippen molar-refractivity contribution in [2.45, 2.75) is 13.5 Å². The maximum Gasteiger partial charge on any atom is 0.259 e. The summed E-state index contributed by atoms with van der Waals surface area (Å²) in [4.78, 5) is 18.0. The molecule has 2 heterocycles. The minimum Gasteiger partial charge on any atom is -0.487 e. The number of halogens is 2. The second-order valence-electron chi connectivity index (χ2n) is 4.40. The molecule has 0 aliphatic rings. The van der Waals surface area contributed by atoms with E-state index < -0.39 is 0 Å². The van der Waals surface area contributed by atoms with E-state index in [1.54, 1.807) is 12.1 Å². The summed E-state index contributed by atoms with van der Waals surface area (Å²) in [5, 5.41) is 0. The third-order valence-electron chi connectivity index (χ3n) is 2.86. The van der Waals surface area contributed by atoms with Crippen LogP contribution in [-0.4, -0.2) is 9.38 Å². The number of aromatic nitrogens is 2. The molecule has 0 amide bonds. The Morgan fingerprint density at radius 2 is 2.24 bits per heavy atom. The van der Waals surface area contributed by atoms with Crippen molar-refractivity contribution in [1.29, 1.82) is 0 Å². The summed E-state index contributed by atoms with van der Waals surface area (Å²) < 4.78 is 20.7. The normalized spacial score (nSPS) is 11.0. The highest BCUT2D eigenvalue weighted by atomic mass is 79.9. The average molecular weight is 369 g/mol. The molecule has 0 aliphatic carbocycles. The highest BCUT2D eigenvalue weighted by molar-refractivity contribution is 9.10. The van der Waals surface area contributed by atoms with Gasteiger partial charge in [-0.3, -0.25) is 4.79 Å². The quantitative estimate of drug-likeness (QED) is 0.709. The van der Waals surface area contributed by atoms with Crippen molar-refractivity contribution < 1.29 is 9.13 Å². The first-order valence-corrected chi connectivity index (χ1v) is 7.71. The van der Waals surface area contributed by atoms with Crippen molar-refractivity contribution in [1.82, 2.24) is 9.38 Å². The van der Waals surface area contributed by atoms with E-state index in [0.29, 0.717) is 16.4 Å². The van der Waals surface area contributed by atoms with E-state index >= 15 is 0 Å². The molecule has 0 atom stereocenters. The van der Waals surface area contributed by atoms with Crippen LogP contribution in [0.5, 0.6) is 5.75 Å². The second-order valence-corrected chi connectivity index (χ2v) is 6.33. The van der Waals surface area contributed by atoms with E-state index in [1.807, 2.05) is 6.92 Å². The molecule has 0 aliphatic heterocycles. The minimum atomic E-state index is -0.367. The lowest BCUT2D eigenvalue weighted by molar-refractivity contribution is 0.300. The standard InChI is InChI=1S/C14H10BrFN2O2S/c1-8-13(15)18-12(19)6-10(17-14(18)21-8)7-20-11-4-2-3-9(16)5-11/h2-6H,7H2,1H3. The van der Waals surface area contributed by atoms with Gasteiger partial charge in [-0.1, -0.05) is 6.07 Å². The minimum absolute atomic E-state index is 0.115. The van der Waals surface area contributed by atoms with Crippen LogP contribution in [0.2, 0.25) is 0 Å². The first kappa shape index (κ1) is 14.2. The second kappa shape index (κ2) is 5.57. The van der Waals surface area contributed by atoms with Gasteiger partial charge in [-0.15, -0.1) is 11.3 Å². The number of thiazole rings is 1. The van der Waals surface area contributed by atoms with Gasteiger partial charge in [0.2, 0.25) is 0 Å². The first-order chi connectivity index (χ1) is 10.0. The van der Waals surface area contributed by atoms with Crippen LogP contribution < -0.4 is 10.3 Å². The smallest absolute Gasteiger partial charge is 0.259 e. The van der Waals surface area contributed by atoms with Crippen molar-refractivity contribution in [3.8, 4) is 5.75 Å². The Labute approximate surface area is 132 Å². The summed E-state index contributed by atoms with van der Waals surface area (Å²) in [7, 11) is 0. The van der Waals surface area contributed by atoms with Crippen molar-refractivity contribution in [2.24, 2.45) is 0 Å². The highest BCUT2D eigenvalue weighted by Gasteiger charge is 2.11. The third-order valence-corrected chi connectivity index (χ3v) is 5.02. The largest absolute Gasteiger partial charge is 0.487 e. The summed E-state index contributed by atoms with van der Waals surface area (Å²) in [5.74, 6) is 0.0364. The number of fused-ring (bicyclic) bond motifs is 1. The number of benzene rings is 1. The Morgan fingerprint density at radius 1 is 1.43 bits per heavy atom. The summed E-state index contributed by atoms with van der Waals surface area (Å²) in [6, 6.07) is 7.27. The van der Waals surface area contributed by atoms with Crippen LogP contribution in [0.3, 0.4) is 0 Å². The number of rotatable bonds is 3. The lowest BCUT2D eigenvalue weighted by Crippen LogP contribution is -2.15. The van der Waals surface area contributed by atoms with Gasteiger partial charge < -0.3 is 4.74 Å². The molecule has 0 saturated carbocycles. The summed E-state index contributed by atoms with van der Waals surface area (Å²) in [6.07, 6.45) is 0. The molecule has 0 spiro atoms. The fourth-order valence-electron chi connectivity index (χ4n) is 1.88. The van der Waals surface area contributed by atoms with E-state index in [0.717, 1.165) is 9.48 Å². The molecule has 21 heavy (non-hydrogen) atoms. The molecule has 3 aromatic rings. The van der Waals surface area contributed by atoms with E-state index in [9.17, 15) is 9.18 Å². The van der Waals surface area contributed by atoms with Crippen molar-refractivity contribution in [3.05, 3.63) is 61.7 Å². The van der Waals surface area contributed by atoms with Crippen molar-refractivity contribution in [2.75, 3.05) is 0 Å². The van der Waals surface area contributed by atoms with Gasteiger partial charge in [0.1, 0.15) is 22.8 Å². The number of ether oxygens (including phenoxy) is 1. The first-order valence-electron chi connectivity index (χ1n) is 6.10. The average Bonchev–Trinajstić information content (AvgIpc) is 2.72. The van der Waals surface area contributed by atoms with Crippen molar-refractivity contribution in [3.63, 3.8) is 0 Å². The molecule has 0 radical (unpaired) electrons. The molecular weight excluding hydrogens is 359 g/mol. The van der Waals surface area contributed by atoms with Crippen LogP contribution in [0.1, 0.15) is 10.6 Å². The zero-order chi connectivity index (χ0) is 15.0. The van der Waals surface area contributed by atoms with Crippen LogP contribution >= 0.6 is 27.3 Å². The number of nitrogens with zero attached hydrogens (tertiary/aromatic N) is 2. The Bertz CT molecular complexity index is 875. The van der Waals surface area contributed by atoms with Crippen molar-refractivity contribution >= 4 is 32.2 Å². The van der Waals surface area contributed by atoms with Gasteiger partial charge in [0.05, 0.1) is 5.69 Å². The molecule has 0 N–H and O–H groups in total. The number of hydrogen-bond donors (Lipinski definition) is 0. The third kappa shape index (κ3) is 2.84. The maximum absolute atomic E-state index is 13.1. The molecule has 108 valence electrons. The van der Waals surface area contributed by atoms with Gasteiger partial charge in [-0.05, 0) is 35.0 Å². The number of aryl methyl sites for hydroxylation is 1. The molecule has 1 aromatic carbocycles. The molecule has 3 rings (SSSR count). The Hall–Kier alpha value is -1.73. The molecule has 7 heteroatoms. The summed E-state index contributed by atoms with van der Waals surface area (Å²) in [5.41, 5.74) is 0.340. The fraction of sp³-hybridized carbons (Fsp3) is 0.143. The Morgan fingerprint density at radius 3 is 3.00 bits per heavy atom. The van der Waals surface area contributed by atoms with Gasteiger partial charge in [0.15, 0.2) is 4.96 Å². The van der Waals surface area contributed by atoms with E-state index in [1.165, 1.54) is 33.9 Å². The van der Waals surface area contributed by atoms with Gasteiger partial charge in [0, 0.05) is 17.0 Å². The zero-order valence-electron chi connectivity index (χ0n) is 11.0. The monoisotopic (exact) mass is 368 g/mol. The molecule has 0 unspecified atom stereocenters. The summed E-state index contributed by atoms with van der Waals surface area (Å²) >= 11 is 4.79. The zero-order valence-corrected chi connectivity index (χ0v) is 13.4. The molecule has 2 aromatic heterocycles. The van der Waals surface area contributed by atoms with E-state index in [4.69, 9.17) is 4.74 Å². The SMILES string of the molecule is Cc1sc2nc(COc3cccc(F)c3)cc(=O)n2c1Br.